The number of likely N-dealkylation sites (N-methyl/N-ethyl adjacent to an activating group) is 1. The minimum absolute atomic E-state index is 0.00933. The second-order valence-corrected chi connectivity index (χ2v) is 7.00. The van der Waals surface area contributed by atoms with Crippen LogP contribution in [0.2, 0.25) is 0 Å². The summed E-state index contributed by atoms with van der Waals surface area (Å²) >= 11 is 0. The van der Waals surface area contributed by atoms with Gasteiger partial charge in [0.2, 0.25) is 5.91 Å². The van der Waals surface area contributed by atoms with E-state index in [2.05, 4.69) is 15.2 Å². The average molecular weight is 426 g/mol. The number of carbonyl (C=O) groups excluding carboxylic acids is 1. The fourth-order valence-electron chi connectivity index (χ4n) is 3.35. The number of pyridine rings is 1. The number of alkyl halides is 4. The van der Waals surface area contributed by atoms with Crippen molar-refractivity contribution in [2.24, 2.45) is 0 Å². The Balaban J connectivity index is 1.91. The van der Waals surface area contributed by atoms with Gasteiger partial charge in [-0.05, 0) is 26.8 Å². The summed E-state index contributed by atoms with van der Waals surface area (Å²) in [5.41, 5.74) is 0.501. The van der Waals surface area contributed by atoms with E-state index in [0.717, 1.165) is 15.9 Å². The van der Waals surface area contributed by atoms with Crippen LogP contribution < -0.4 is 0 Å². The summed E-state index contributed by atoms with van der Waals surface area (Å²) in [4.78, 5) is 17.9. The molecular formula is C19H22F4N6O. The molecule has 0 aliphatic rings. The lowest BCUT2D eigenvalue weighted by Gasteiger charge is -2.17. The first-order valence-electron chi connectivity index (χ1n) is 9.33. The van der Waals surface area contributed by atoms with Crippen molar-refractivity contribution in [1.82, 2.24) is 29.4 Å². The van der Waals surface area contributed by atoms with Gasteiger partial charge in [0.05, 0.1) is 17.3 Å². The van der Waals surface area contributed by atoms with Crippen LogP contribution in [0.5, 0.6) is 0 Å². The number of nitrogens with zero attached hydrogens (tertiary/aromatic N) is 6. The standard InChI is InChI=1S/C19H22F4N6O/c1-5-28-11(3)12(7-24-28)8-27(4)15(30)9-29-19-16(10(2)26-29)13(17(20)21)6-14(25-19)18(22)23/h6-7,17-18H,5,8-9H2,1-4H3. The SMILES string of the molecule is CCn1ncc(CN(C)C(=O)Cn2nc(C)c3c(C(F)F)cc(C(F)F)nc32)c1C. The van der Waals surface area contributed by atoms with Gasteiger partial charge < -0.3 is 4.90 Å². The molecule has 0 unspecified atom stereocenters. The summed E-state index contributed by atoms with van der Waals surface area (Å²) in [5.74, 6) is -0.370. The van der Waals surface area contributed by atoms with Gasteiger partial charge in [-0.1, -0.05) is 0 Å². The number of fused-ring (bicyclic) bond motifs is 1. The van der Waals surface area contributed by atoms with Crippen LogP contribution in [0.25, 0.3) is 11.0 Å². The zero-order valence-electron chi connectivity index (χ0n) is 17.0. The molecule has 162 valence electrons. The molecule has 0 radical (unpaired) electrons. The number of hydrogen-bond acceptors (Lipinski definition) is 4. The Kier molecular flexibility index (Phi) is 6.09. The lowest BCUT2D eigenvalue weighted by atomic mass is 10.1. The van der Waals surface area contributed by atoms with E-state index in [4.69, 9.17) is 0 Å². The molecule has 11 heteroatoms. The Bertz CT molecular complexity index is 1070. The second kappa shape index (κ2) is 8.41. The van der Waals surface area contributed by atoms with Gasteiger partial charge in [0, 0.05) is 37.0 Å². The smallest absolute Gasteiger partial charge is 0.280 e. The van der Waals surface area contributed by atoms with Crippen molar-refractivity contribution in [3.05, 3.63) is 40.5 Å². The predicted octanol–water partition coefficient (Wildman–Crippen LogP) is 3.80. The largest absolute Gasteiger partial charge is 0.340 e. The molecule has 7 nitrogen and oxygen atoms in total. The molecule has 3 aromatic heterocycles. The van der Waals surface area contributed by atoms with Crippen LogP contribution in [0.1, 0.15) is 48.0 Å². The third-order valence-corrected chi connectivity index (χ3v) is 5.01. The van der Waals surface area contributed by atoms with Gasteiger partial charge in [0.15, 0.2) is 5.65 Å². The monoisotopic (exact) mass is 426 g/mol. The van der Waals surface area contributed by atoms with Crippen LogP contribution in [-0.4, -0.2) is 42.4 Å². The van der Waals surface area contributed by atoms with Gasteiger partial charge in [-0.3, -0.25) is 9.48 Å². The van der Waals surface area contributed by atoms with Gasteiger partial charge in [-0.2, -0.15) is 10.2 Å². The molecule has 30 heavy (non-hydrogen) atoms. The number of aryl methyl sites for hydroxylation is 2. The van der Waals surface area contributed by atoms with E-state index in [1.165, 1.54) is 11.8 Å². The third kappa shape index (κ3) is 4.01. The van der Waals surface area contributed by atoms with Crippen molar-refractivity contribution in [2.45, 2.75) is 53.3 Å². The van der Waals surface area contributed by atoms with Crippen molar-refractivity contribution < 1.29 is 22.4 Å². The van der Waals surface area contributed by atoms with Crippen molar-refractivity contribution in [1.29, 1.82) is 0 Å². The molecule has 3 heterocycles. The molecule has 0 aliphatic carbocycles. The van der Waals surface area contributed by atoms with E-state index in [-0.39, 0.29) is 29.2 Å². The molecule has 0 atom stereocenters. The number of aromatic nitrogens is 5. The van der Waals surface area contributed by atoms with Gasteiger partial charge in [-0.25, -0.2) is 27.2 Å². The second-order valence-electron chi connectivity index (χ2n) is 7.00. The lowest BCUT2D eigenvalue weighted by molar-refractivity contribution is -0.131. The predicted molar refractivity (Wildman–Crippen MR) is 101 cm³/mol. The molecule has 3 rings (SSSR count). The maximum atomic E-state index is 13.4. The van der Waals surface area contributed by atoms with Crippen LogP contribution in [0.3, 0.4) is 0 Å². The Labute approximate surface area is 170 Å². The zero-order valence-corrected chi connectivity index (χ0v) is 17.0. The van der Waals surface area contributed by atoms with Gasteiger partial charge >= 0.3 is 0 Å². The zero-order chi connectivity index (χ0) is 22.2. The molecule has 0 aromatic carbocycles. The Morgan fingerprint density at radius 1 is 1.17 bits per heavy atom. The number of carbonyl (C=O) groups is 1. The summed E-state index contributed by atoms with van der Waals surface area (Å²) in [6, 6.07) is 0.693. The molecule has 0 saturated carbocycles. The maximum absolute atomic E-state index is 13.4. The summed E-state index contributed by atoms with van der Waals surface area (Å²) in [6.45, 7) is 6.01. The summed E-state index contributed by atoms with van der Waals surface area (Å²) < 4.78 is 56.1. The number of amides is 1. The number of hydrogen-bond donors (Lipinski definition) is 0. The molecule has 0 spiro atoms. The molecule has 3 aromatic rings. The van der Waals surface area contributed by atoms with E-state index < -0.39 is 24.1 Å². The maximum Gasteiger partial charge on any atom is 0.280 e. The van der Waals surface area contributed by atoms with E-state index >= 15 is 0 Å². The average Bonchev–Trinajstić information content (AvgIpc) is 3.20. The number of rotatable bonds is 7. The highest BCUT2D eigenvalue weighted by Crippen LogP contribution is 2.32. The molecule has 1 amide bonds. The first-order valence-corrected chi connectivity index (χ1v) is 9.33. The summed E-state index contributed by atoms with van der Waals surface area (Å²) in [6.07, 6.45) is -4.31. The Morgan fingerprint density at radius 2 is 1.87 bits per heavy atom. The highest BCUT2D eigenvalue weighted by molar-refractivity contribution is 5.84. The molecule has 0 saturated heterocycles. The van der Waals surface area contributed by atoms with Gasteiger partial charge in [0.25, 0.3) is 12.9 Å². The molecule has 0 N–H and O–H groups in total. The van der Waals surface area contributed by atoms with Gasteiger partial charge in [-0.15, -0.1) is 0 Å². The van der Waals surface area contributed by atoms with E-state index in [1.807, 2.05) is 13.8 Å². The normalized spacial score (nSPS) is 11.8. The van der Waals surface area contributed by atoms with Crippen molar-refractivity contribution in [2.75, 3.05) is 7.05 Å². The molecular weight excluding hydrogens is 404 g/mol. The van der Waals surface area contributed by atoms with Crippen molar-refractivity contribution in [3.63, 3.8) is 0 Å². The van der Waals surface area contributed by atoms with Crippen molar-refractivity contribution in [3.8, 4) is 0 Å². The highest BCUT2D eigenvalue weighted by Gasteiger charge is 2.24. The lowest BCUT2D eigenvalue weighted by Crippen LogP contribution is -2.30. The first-order chi connectivity index (χ1) is 14.1. The van der Waals surface area contributed by atoms with Gasteiger partial charge in [0.1, 0.15) is 12.2 Å². The Morgan fingerprint density at radius 3 is 2.43 bits per heavy atom. The van der Waals surface area contributed by atoms with Crippen molar-refractivity contribution >= 4 is 16.9 Å². The summed E-state index contributed by atoms with van der Waals surface area (Å²) in [7, 11) is 1.59. The molecule has 0 fully saturated rings. The highest BCUT2D eigenvalue weighted by atomic mass is 19.3. The molecule has 0 aliphatic heterocycles. The van der Waals surface area contributed by atoms with Crippen LogP contribution in [0.15, 0.2) is 12.3 Å². The molecule has 0 bridgehead atoms. The minimum atomic E-state index is -3.02. The Hall–Kier alpha value is -2.98. The van der Waals surface area contributed by atoms with E-state index in [1.54, 1.807) is 17.9 Å². The van der Waals surface area contributed by atoms with Crippen LogP contribution in [0, 0.1) is 13.8 Å². The van der Waals surface area contributed by atoms with Crippen LogP contribution >= 0.6 is 0 Å². The third-order valence-electron chi connectivity index (χ3n) is 5.01. The van der Waals surface area contributed by atoms with Crippen LogP contribution in [0.4, 0.5) is 17.6 Å². The van der Waals surface area contributed by atoms with E-state index in [0.29, 0.717) is 19.2 Å². The first kappa shape index (κ1) is 21.7. The minimum Gasteiger partial charge on any atom is -0.340 e. The quantitative estimate of drug-likeness (QED) is 0.539. The topological polar surface area (TPSA) is 68.8 Å². The fraction of sp³-hybridized carbons (Fsp3) is 0.474. The fourth-order valence-corrected chi connectivity index (χ4v) is 3.35. The van der Waals surface area contributed by atoms with E-state index in [9.17, 15) is 22.4 Å². The van der Waals surface area contributed by atoms with Crippen LogP contribution in [-0.2, 0) is 24.4 Å². The summed E-state index contributed by atoms with van der Waals surface area (Å²) in [5, 5.41) is 8.34. The number of halogens is 4.